The number of alkyl carbamates (subject to hydrolysis) is 2. The quantitative estimate of drug-likeness (QED) is 0.0294. The van der Waals surface area contributed by atoms with Crippen molar-refractivity contribution in [3.8, 4) is 0 Å². The number of rotatable bonds is 52. The van der Waals surface area contributed by atoms with Crippen molar-refractivity contribution >= 4 is 42.0 Å². The molecule has 4 atom stereocenters. The van der Waals surface area contributed by atoms with Crippen molar-refractivity contribution in [1.82, 2.24) is 16.0 Å². The van der Waals surface area contributed by atoms with Crippen molar-refractivity contribution in [2.45, 2.75) is 330 Å². The van der Waals surface area contributed by atoms with Crippen molar-refractivity contribution < 1.29 is 62.0 Å². The number of unbranched alkanes of at least 4 members (excludes halogenated alkanes) is 23. The predicted octanol–water partition coefficient (Wildman–Crippen LogP) is 15.8. The molecular weight excluding hydrogens is 1030 g/mol. The average Bonchev–Trinajstić information content (AvgIpc) is 3.40. The van der Waals surface area contributed by atoms with E-state index in [1.165, 1.54) is 64.2 Å². The van der Waals surface area contributed by atoms with Gasteiger partial charge in [-0.05, 0) is 144 Å². The van der Waals surface area contributed by atoms with Crippen molar-refractivity contribution in [3.05, 3.63) is 0 Å². The van der Waals surface area contributed by atoms with Gasteiger partial charge < -0.3 is 44.4 Å². The highest BCUT2D eigenvalue weighted by molar-refractivity contribution is 5.90. The van der Waals surface area contributed by atoms with Crippen LogP contribution >= 0.6 is 0 Å². The molecule has 16 heteroatoms. The third kappa shape index (κ3) is 48.0. The van der Waals surface area contributed by atoms with E-state index < -0.39 is 53.3 Å². The van der Waals surface area contributed by atoms with Crippen LogP contribution in [0.1, 0.15) is 307 Å². The number of hydrogen-bond acceptors (Lipinski definition) is 13. The van der Waals surface area contributed by atoms with Gasteiger partial charge in [-0.15, -0.1) is 0 Å². The molecule has 0 aromatic rings. The van der Waals surface area contributed by atoms with Gasteiger partial charge in [-0.1, -0.05) is 156 Å². The molecule has 0 aromatic heterocycles. The Morgan fingerprint density at radius 3 is 1.11 bits per heavy atom. The number of hydrogen-bond donors (Lipinski definition) is 3. The van der Waals surface area contributed by atoms with E-state index >= 15 is 0 Å². The summed E-state index contributed by atoms with van der Waals surface area (Å²) in [6.45, 7) is 20.5. The summed E-state index contributed by atoms with van der Waals surface area (Å²) in [5, 5.41) is 8.07. The molecule has 3 amide bonds. The largest absolute Gasteiger partial charge is 0.466 e. The fourth-order valence-electron chi connectivity index (χ4n) is 9.45. The van der Waals surface area contributed by atoms with E-state index in [1.807, 2.05) is 0 Å². The lowest BCUT2D eigenvalue weighted by atomic mass is 9.94. The highest BCUT2D eigenvalue weighted by Gasteiger charge is 2.30. The first-order valence-electron chi connectivity index (χ1n) is 32.7. The highest BCUT2D eigenvalue weighted by atomic mass is 16.6. The molecule has 0 saturated heterocycles. The minimum Gasteiger partial charge on any atom is -0.466 e. The molecule has 3 N–H and O–H groups in total. The molecule has 0 bridgehead atoms. The van der Waals surface area contributed by atoms with E-state index in [2.05, 4.69) is 43.6 Å². The summed E-state index contributed by atoms with van der Waals surface area (Å²) in [5.41, 5.74) is -1.51. The van der Waals surface area contributed by atoms with Crippen LogP contribution in [-0.4, -0.2) is 98.2 Å². The Labute approximate surface area is 493 Å². The van der Waals surface area contributed by atoms with Crippen molar-refractivity contribution in [2.24, 2.45) is 11.8 Å². The molecule has 0 aliphatic rings. The standard InChI is InChI=1S/C65H121N3O13/c1-11-15-19-23-25-33-43-53(41-31-21-17-13-3)59(71)77-50-38-28-27-37-49-76-57(69)47-46-56(67-58(70)55(68-63(75)81-65(8,9)10)45-35-36-48-66-62(74)80-64(5,6)7)61(73)79-52-40-30-29-39-51-78-60(72)54(42-32-22-18-14-4)44-34-26-24-20-16-12-2/h53-56H,11-52H2,1-10H3,(H,66,74)(H,67,70)(H,68,75)/t53?,54?,55-,56-/m0/s1. The van der Waals surface area contributed by atoms with Crippen LogP contribution in [0.25, 0.3) is 0 Å². The average molecular weight is 1150 g/mol. The van der Waals surface area contributed by atoms with Gasteiger partial charge in [-0.2, -0.15) is 0 Å². The van der Waals surface area contributed by atoms with Crippen LogP contribution in [0.5, 0.6) is 0 Å². The van der Waals surface area contributed by atoms with Crippen LogP contribution in [0, 0.1) is 11.8 Å². The number of carbonyl (C=O) groups excluding carboxylic acids is 7. The van der Waals surface area contributed by atoms with Gasteiger partial charge in [0.15, 0.2) is 0 Å². The first-order chi connectivity index (χ1) is 38.8. The Morgan fingerprint density at radius 1 is 0.346 bits per heavy atom. The molecular formula is C65H121N3O13. The molecule has 0 aliphatic heterocycles. The van der Waals surface area contributed by atoms with Crippen LogP contribution < -0.4 is 16.0 Å². The van der Waals surface area contributed by atoms with Crippen LogP contribution in [0.2, 0.25) is 0 Å². The zero-order valence-electron chi connectivity index (χ0n) is 53.3. The monoisotopic (exact) mass is 1150 g/mol. The molecule has 16 nitrogen and oxygen atoms in total. The minimum absolute atomic E-state index is 0.0354. The summed E-state index contributed by atoms with van der Waals surface area (Å²) in [5.74, 6) is -2.16. The van der Waals surface area contributed by atoms with E-state index in [4.69, 9.17) is 28.4 Å². The summed E-state index contributed by atoms with van der Waals surface area (Å²) in [4.78, 5) is 92.1. The number of esters is 4. The van der Waals surface area contributed by atoms with Gasteiger partial charge in [0.05, 0.1) is 38.3 Å². The highest BCUT2D eigenvalue weighted by Crippen LogP contribution is 2.23. The minimum atomic E-state index is -1.23. The van der Waals surface area contributed by atoms with E-state index in [0.29, 0.717) is 45.3 Å². The molecule has 0 radical (unpaired) electrons. The van der Waals surface area contributed by atoms with Gasteiger partial charge in [0, 0.05) is 13.0 Å². The molecule has 2 unspecified atom stereocenters. The zero-order valence-corrected chi connectivity index (χ0v) is 53.3. The summed E-state index contributed by atoms with van der Waals surface area (Å²) in [7, 11) is 0. The Morgan fingerprint density at radius 2 is 0.691 bits per heavy atom. The maximum Gasteiger partial charge on any atom is 0.408 e. The molecule has 0 rings (SSSR count). The normalized spacial score (nSPS) is 13.1. The summed E-state index contributed by atoms with van der Waals surface area (Å²) < 4.78 is 33.5. The second-order valence-corrected chi connectivity index (χ2v) is 24.5. The maximum atomic E-state index is 14.0. The molecule has 0 saturated carbocycles. The maximum absolute atomic E-state index is 14.0. The van der Waals surface area contributed by atoms with Gasteiger partial charge in [0.1, 0.15) is 23.3 Å². The van der Waals surface area contributed by atoms with Gasteiger partial charge in [0.2, 0.25) is 5.91 Å². The van der Waals surface area contributed by atoms with E-state index in [9.17, 15) is 33.6 Å². The van der Waals surface area contributed by atoms with E-state index in [-0.39, 0.29) is 62.8 Å². The predicted molar refractivity (Wildman–Crippen MR) is 324 cm³/mol. The number of carbonyl (C=O) groups is 7. The van der Waals surface area contributed by atoms with Crippen LogP contribution in [-0.2, 0) is 52.4 Å². The van der Waals surface area contributed by atoms with E-state index in [0.717, 1.165) is 122 Å². The molecule has 0 spiro atoms. The van der Waals surface area contributed by atoms with Crippen molar-refractivity contribution in [2.75, 3.05) is 33.0 Å². The van der Waals surface area contributed by atoms with Crippen molar-refractivity contribution in [3.63, 3.8) is 0 Å². The van der Waals surface area contributed by atoms with Gasteiger partial charge in [0.25, 0.3) is 0 Å². The molecule has 0 fully saturated rings. The number of ether oxygens (including phenoxy) is 6. The zero-order chi connectivity index (χ0) is 60.4. The fraction of sp³-hybridized carbons (Fsp3) is 0.892. The molecule has 81 heavy (non-hydrogen) atoms. The lowest BCUT2D eigenvalue weighted by Gasteiger charge is -2.25. The molecule has 0 aliphatic carbocycles. The van der Waals surface area contributed by atoms with Gasteiger partial charge in [-0.25, -0.2) is 14.4 Å². The Balaban J connectivity index is 5.51. The van der Waals surface area contributed by atoms with Gasteiger partial charge in [-0.3, -0.25) is 19.2 Å². The summed E-state index contributed by atoms with van der Waals surface area (Å²) >= 11 is 0. The van der Waals surface area contributed by atoms with Crippen LogP contribution in [0.3, 0.4) is 0 Å². The third-order valence-corrected chi connectivity index (χ3v) is 14.2. The molecule has 0 aromatic carbocycles. The second kappa shape index (κ2) is 50.4. The summed E-state index contributed by atoms with van der Waals surface area (Å²) in [6.07, 6.45) is 31.9. The van der Waals surface area contributed by atoms with Crippen LogP contribution in [0.4, 0.5) is 9.59 Å². The van der Waals surface area contributed by atoms with E-state index in [1.54, 1.807) is 41.5 Å². The number of nitrogens with one attached hydrogen (secondary N) is 3. The second-order valence-electron chi connectivity index (χ2n) is 24.5. The lowest BCUT2D eigenvalue weighted by molar-refractivity contribution is -0.150. The third-order valence-electron chi connectivity index (χ3n) is 14.2. The first kappa shape index (κ1) is 76.9. The topological polar surface area (TPSA) is 211 Å². The number of amides is 3. The molecule has 0 heterocycles. The SMILES string of the molecule is CCCCCCCCC(CCCCCC)C(=O)OCCCCCCOC(=O)CC[C@H](NC(=O)[C@H](CCCCNC(=O)OC(C)(C)C)NC(=O)OC(C)(C)C)C(=O)OCCCCCCOC(=O)C(CCCCCC)CCCCCCCC. The molecule has 474 valence electrons. The smallest absolute Gasteiger partial charge is 0.408 e. The van der Waals surface area contributed by atoms with Crippen LogP contribution in [0.15, 0.2) is 0 Å². The van der Waals surface area contributed by atoms with Crippen molar-refractivity contribution in [1.29, 1.82) is 0 Å². The Bertz CT molecular complexity index is 1630. The summed E-state index contributed by atoms with van der Waals surface area (Å²) in [6, 6.07) is -2.34. The Kier molecular flexibility index (Phi) is 47.8. The Hall–Kier alpha value is -4.11. The van der Waals surface area contributed by atoms with Gasteiger partial charge >= 0.3 is 36.1 Å². The first-order valence-corrected chi connectivity index (χ1v) is 32.7. The fourth-order valence-corrected chi connectivity index (χ4v) is 9.45. The lowest BCUT2D eigenvalue weighted by Crippen LogP contribution is -2.52.